The van der Waals surface area contributed by atoms with E-state index in [0.717, 1.165) is 53.4 Å². The van der Waals surface area contributed by atoms with Crippen LogP contribution in [0.3, 0.4) is 0 Å². The minimum Gasteiger partial charge on any atom is -0.390 e. The van der Waals surface area contributed by atoms with E-state index in [4.69, 9.17) is 0 Å². The van der Waals surface area contributed by atoms with Gasteiger partial charge in [-0.05, 0) is 56.4 Å². The maximum Gasteiger partial charge on any atom is 0.224 e. The lowest BCUT2D eigenvalue weighted by Gasteiger charge is -2.33. The Morgan fingerprint density at radius 1 is 1.30 bits per heavy atom. The second kappa shape index (κ2) is 6.06. The van der Waals surface area contributed by atoms with Gasteiger partial charge >= 0.3 is 0 Å². The van der Waals surface area contributed by atoms with Gasteiger partial charge in [-0.25, -0.2) is 9.50 Å². The highest BCUT2D eigenvalue weighted by molar-refractivity contribution is 5.94. The largest absolute Gasteiger partial charge is 0.390 e. The summed E-state index contributed by atoms with van der Waals surface area (Å²) in [6.07, 6.45) is 11.1. The molecule has 0 amide bonds. The summed E-state index contributed by atoms with van der Waals surface area (Å²) in [6.45, 7) is 1.91. The molecule has 1 saturated carbocycles. The highest BCUT2D eigenvalue weighted by Gasteiger charge is 2.28. The quantitative estimate of drug-likeness (QED) is 0.520. The Kier molecular flexibility index (Phi) is 3.65. The summed E-state index contributed by atoms with van der Waals surface area (Å²) in [5.41, 5.74) is 3.52. The van der Waals surface area contributed by atoms with Crippen LogP contribution in [0.4, 0.5) is 5.95 Å². The monoisotopic (exact) mass is 362 g/mol. The lowest BCUT2D eigenvalue weighted by Crippen LogP contribution is -2.36. The fraction of sp³-hybridized carbons (Fsp3) is 0.350. The standard InChI is InChI=1S/C20H22N6O/c1-20(27)6-2-14(3-7-20)24-19-22-12-17-16(11-21-18(17)25-19)13-5-9-26-15(10-13)4-8-23-26/h4-5,8-12,14,27H,2-3,6-7H2,1H3,(H2,21,22,24,25). The van der Waals surface area contributed by atoms with Gasteiger partial charge in [-0.1, -0.05) is 0 Å². The van der Waals surface area contributed by atoms with Crippen molar-refractivity contribution < 1.29 is 5.11 Å². The van der Waals surface area contributed by atoms with Crippen LogP contribution in [0.5, 0.6) is 0 Å². The number of nitrogens with one attached hydrogen (secondary N) is 2. The first kappa shape index (κ1) is 16.3. The number of pyridine rings is 1. The molecule has 4 aromatic heterocycles. The number of fused-ring (bicyclic) bond motifs is 2. The van der Waals surface area contributed by atoms with E-state index in [-0.39, 0.29) is 0 Å². The van der Waals surface area contributed by atoms with E-state index in [9.17, 15) is 5.11 Å². The van der Waals surface area contributed by atoms with E-state index >= 15 is 0 Å². The summed E-state index contributed by atoms with van der Waals surface area (Å²) in [5.74, 6) is 0.633. The molecular formula is C20H22N6O. The minimum absolute atomic E-state index is 0.307. The van der Waals surface area contributed by atoms with Crippen molar-refractivity contribution in [1.82, 2.24) is 24.6 Å². The summed E-state index contributed by atoms with van der Waals surface area (Å²) < 4.78 is 1.85. The minimum atomic E-state index is -0.534. The predicted octanol–water partition coefficient (Wildman–Crippen LogP) is 3.38. The van der Waals surface area contributed by atoms with E-state index in [1.165, 1.54) is 0 Å². The van der Waals surface area contributed by atoms with Crippen molar-refractivity contribution in [2.75, 3.05) is 5.32 Å². The van der Waals surface area contributed by atoms with Crippen molar-refractivity contribution >= 4 is 22.5 Å². The maximum absolute atomic E-state index is 10.1. The molecule has 0 aliphatic heterocycles. The smallest absolute Gasteiger partial charge is 0.224 e. The lowest BCUT2D eigenvalue weighted by atomic mass is 9.84. The molecule has 0 bridgehead atoms. The van der Waals surface area contributed by atoms with Gasteiger partial charge < -0.3 is 15.4 Å². The number of aromatic nitrogens is 5. The Labute approximate surface area is 156 Å². The summed E-state index contributed by atoms with van der Waals surface area (Å²) >= 11 is 0. The van der Waals surface area contributed by atoms with E-state index < -0.39 is 5.60 Å². The molecule has 0 spiro atoms. The highest BCUT2D eigenvalue weighted by atomic mass is 16.3. The Hall–Kier alpha value is -2.93. The molecule has 5 rings (SSSR count). The van der Waals surface area contributed by atoms with Crippen LogP contribution in [-0.4, -0.2) is 41.3 Å². The lowest BCUT2D eigenvalue weighted by molar-refractivity contribution is 0.0196. The van der Waals surface area contributed by atoms with Gasteiger partial charge in [-0.15, -0.1) is 0 Å². The van der Waals surface area contributed by atoms with E-state index in [0.29, 0.717) is 12.0 Å². The van der Waals surface area contributed by atoms with Crippen molar-refractivity contribution in [3.05, 3.63) is 43.0 Å². The molecule has 27 heavy (non-hydrogen) atoms. The second-order valence-corrected chi connectivity index (χ2v) is 7.69. The van der Waals surface area contributed by atoms with Gasteiger partial charge in [0.05, 0.1) is 11.1 Å². The zero-order valence-corrected chi connectivity index (χ0v) is 15.2. The van der Waals surface area contributed by atoms with Crippen molar-refractivity contribution in [3.8, 4) is 11.1 Å². The van der Waals surface area contributed by atoms with Crippen LogP contribution in [0.15, 0.2) is 43.0 Å². The van der Waals surface area contributed by atoms with Gasteiger partial charge in [0.2, 0.25) is 5.95 Å². The van der Waals surface area contributed by atoms with Crippen LogP contribution in [-0.2, 0) is 0 Å². The number of hydrogen-bond donors (Lipinski definition) is 3. The average molecular weight is 362 g/mol. The summed E-state index contributed by atoms with van der Waals surface area (Å²) in [6, 6.07) is 6.44. The number of H-pyrrole nitrogens is 1. The molecule has 1 aliphatic rings. The zero-order chi connectivity index (χ0) is 18.4. The number of aromatic amines is 1. The Bertz CT molecular complexity index is 1100. The molecule has 0 radical (unpaired) electrons. The van der Waals surface area contributed by atoms with Gasteiger partial charge in [0, 0.05) is 41.8 Å². The van der Waals surface area contributed by atoms with Crippen molar-refractivity contribution in [3.63, 3.8) is 0 Å². The van der Waals surface area contributed by atoms with Crippen LogP contribution >= 0.6 is 0 Å². The average Bonchev–Trinajstić information content (AvgIpc) is 3.29. The summed E-state index contributed by atoms with van der Waals surface area (Å²) in [4.78, 5) is 12.4. The third-order valence-electron chi connectivity index (χ3n) is 5.54. The molecule has 1 fully saturated rings. The fourth-order valence-corrected chi connectivity index (χ4v) is 3.87. The third kappa shape index (κ3) is 3.04. The number of anilines is 1. The summed E-state index contributed by atoms with van der Waals surface area (Å²) in [5, 5.41) is 18.7. The topological polar surface area (TPSA) is 91.1 Å². The Balaban J connectivity index is 1.41. The van der Waals surface area contributed by atoms with Crippen LogP contribution < -0.4 is 5.32 Å². The highest BCUT2D eigenvalue weighted by Crippen LogP contribution is 2.31. The Morgan fingerprint density at radius 2 is 2.15 bits per heavy atom. The van der Waals surface area contributed by atoms with Crippen LogP contribution in [0.1, 0.15) is 32.6 Å². The molecule has 4 heterocycles. The SMILES string of the molecule is CC1(O)CCC(Nc2ncc3c(-c4ccn5nccc5c4)c[nH]c3n2)CC1. The first-order valence-corrected chi connectivity index (χ1v) is 9.34. The van der Waals surface area contributed by atoms with E-state index in [1.807, 2.05) is 42.2 Å². The Morgan fingerprint density at radius 3 is 3.00 bits per heavy atom. The second-order valence-electron chi connectivity index (χ2n) is 7.69. The molecule has 7 nitrogen and oxygen atoms in total. The molecule has 1 aliphatic carbocycles. The first-order chi connectivity index (χ1) is 13.1. The van der Waals surface area contributed by atoms with E-state index in [1.54, 1.807) is 6.20 Å². The molecular weight excluding hydrogens is 340 g/mol. The van der Waals surface area contributed by atoms with Crippen molar-refractivity contribution in [2.24, 2.45) is 0 Å². The van der Waals surface area contributed by atoms with Gasteiger partial charge in [0.15, 0.2) is 0 Å². The van der Waals surface area contributed by atoms with Gasteiger partial charge in [-0.3, -0.25) is 0 Å². The van der Waals surface area contributed by atoms with Crippen LogP contribution in [0.25, 0.3) is 27.7 Å². The van der Waals surface area contributed by atoms with Gasteiger partial charge in [0.1, 0.15) is 5.65 Å². The predicted molar refractivity (Wildman–Crippen MR) is 105 cm³/mol. The molecule has 4 aromatic rings. The molecule has 0 saturated heterocycles. The maximum atomic E-state index is 10.1. The number of rotatable bonds is 3. The zero-order valence-electron chi connectivity index (χ0n) is 15.2. The molecule has 0 atom stereocenters. The normalized spacial score (nSPS) is 23.1. The third-order valence-corrected chi connectivity index (χ3v) is 5.54. The van der Waals surface area contributed by atoms with Crippen molar-refractivity contribution in [1.29, 1.82) is 0 Å². The first-order valence-electron chi connectivity index (χ1n) is 9.34. The van der Waals surface area contributed by atoms with E-state index in [2.05, 4.69) is 31.4 Å². The number of hydrogen-bond acceptors (Lipinski definition) is 5. The summed E-state index contributed by atoms with van der Waals surface area (Å²) in [7, 11) is 0. The molecule has 3 N–H and O–H groups in total. The molecule has 0 aromatic carbocycles. The van der Waals surface area contributed by atoms with Gasteiger partial charge in [0.25, 0.3) is 0 Å². The fourth-order valence-electron chi connectivity index (χ4n) is 3.87. The van der Waals surface area contributed by atoms with Gasteiger partial charge in [-0.2, -0.15) is 10.1 Å². The van der Waals surface area contributed by atoms with Crippen LogP contribution in [0.2, 0.25) is 0 Å². The molecule has 0 unspecified atom stereocenters. The molecule has 7 heteroatoms. The number of nitrogens with zero attached hydrogens (tertiary/aromatic N) is 4. The van der Waals surface area contributed by atoms with Crippen LogP contribution in [0, 0.1) is 0 Å². The van der Waals surface area contributed by atoms with Crippen molar-refractivity contribution in [2.45, 2.75) is 44.2 Å². The molecule has 138 valence electrons. The number of aliphatic hydroxyl groups is 1.